The molecule has 102 valence electrons. The van der Waals surface area contributed by atoms with E-state index >= 15 is 0 Å². The second kappa shape index (κ2) is 5.45. The van der Waals surface area contributed by atoms with Crippen LogP contribution in [0.3, 0.4) is 0 Å². The molecule has 0 saturated carbocycles. The van der Waals surface area contributed by atoms with Gasteiger partial charge in [0.15, 0.2) is 0 Å². The molecule has 0 saturated heterocycles. The molecule has 1 heterocycles. The van der Waals surface area contributed by atoms with Crippen LogP contribution in [-0.2, 0) is 10.0 Å². The number of aromatic nitrogens is 1. The Morgan fingerprint density at radius 2 is 2.05 bits per heavy atom. The Hall–Kier alpha value is -1.17. The van der Waals surface area contributed by atoms with Crippen LogP contribution in [0.1, 0.15) is 20.3 Å². The molecule has 2 aromatic rings. The summed E-state index contributed by atoms with van der Waals surface area (Å²) in [5, 5.41) is 1.14. The lowest BCUT2D eigenvalue weighted by atomic mass is 10.2. The lowest BCUT2D eigenvalue weighted by Crippen LogP contribution is -2.31. The van der Waals surface area contributed by atoms with Crippen molar-refractivity contribution in [2.75, 3.05) is 0 Å². The topological polar surface area (TPSA) is 59.1 Å². The maximum Gasteiger partial charge on any atom is 0.240 e. The smallest absolute Gasteiger partial charge is 0.236 e. The molecule has 0 spiro atoms. The van der Waals surface area contributed by atoms with Crippen molar-refractivity contribution in [1.82, 2.24) is 9.71 Å². The first-order valence-electron chi connectivity index (χ1n) is 6.01. The lowest BCUT2D eigenvalue weighted by molar-refractivity contribution is 0.556. The molecule has 4 nitrogen and oxygen atoms in total. The van der Waals surface area contributed by atoms with Gasteiger partial charge >= 0.3 is 0 Å². The van der Waals surface area contributed by atoms with E-state index in [1.807, 2.05) is 13.8 Å². The molecule has 0 amide bonds. The molecular formula is C13H15ClN2O2S. The maximum absolute atomic E-state index is 12.2. The molecule has 0 radical (unpaired) electrons. The SMILES string of the molecule is CCC(C)NS(=O)(=O)c1ccc2nc(Cl)ccc2c1. The van der Waals surface area contributed by atoms with Crippen LogP contribution in [0.2, 0.25) is 5.15 Å². The normalized spacial score (nSPS) is 13.6. The van der Waals surface area contributed by atoms with Gasteiger partial charge in [-0.25, -0.2) is 18.1 Å². The van der Waals surface area contributed by atoms with Crippen molar-refractivity contribution in [3.8, 4) is 0 Å². The number of hydrogen-bond donors (Lipinski definition) is 1. The van der Waals surface area contributed by atoms with Gasteiger partial charge in [-0.1, -0.05) is 18.5 Å². The quantitative estimate of drug-likeness (QED) is 0.883. The Morgan fingerprint density at radius 3 is 2.74 bits per heavy atom. The molecule has 0 fully saturated rings. The summed E-state index contributed by atoms with van der Waals surface area (Å²) in [6.45, 7) is 3.76. The van der Waals surface area contributed by atoms with E-state index in [0.29, 0.717) is 10.7 Å². The van der Waals surface area contributed by atoms with Gasteiger partial charge in [-0.3, -0.25) is 0 Å². The van der Waals surface area contributed by atoms with Crippen LogP contribution in [0.15, 0.2) is 35.2 Å². The Kier molecular flexibility index (Phi) is 4.08. The van der Waals surface area contributed by atoms with E-state index in [9.17, 15) is 8.42 Å². The van der Waals surface area contributed by atoms with Gasteiger partial charge in [0.05, 0.1) is 10.4 Å². The van der Waals surface area contributed by atoms with E-state index in [4.69, 9.17) is 11.6 Å². The first kappa shape index (κ1) is 14.2. The fourth-order valence-electron chi connectivity index (χ4n) is 1.66. The van der Waals surface area contributed by atoms with Crippen molar-refractivity contribution in [1.29, 1.82) is 0 Å². The molecule has 0 aliphatic carbocycles. The largest absolute Gasteiger partial charge is 0.240 e. The fourth-order valence-corrected chi connectivity index (χ4v) is 3.18. The predicted octanol–water partition coefficient (Wildman–Crippen LogP) is 2.97. The van der Waals surface area contributed by atoms with E-state index in [-0.39, 0.29) is 10.9 Å². The Balaban J connectivity index is 2.43. The van der Waals surface area contributed by atoms with Gasteiger partial charge in [-0.15, -0.1) is 0 Å². The molecule has 0 aliphatic heterocycles. The van der Waals surface area contributed by atoms with Crippen LogP contribution >= 0.6 is 11.6 Å². The van der Waals surface area contributed by atoms with Crippen LogP contribution < -0.4 is 4.72 Å². The zero-order valence-electron chi connectivity index (χ0n) is 10.7. The number of fused-ring (bicyclic) bond motifs is 1. The Morgan fingerprint density at radius 1 is 1.32 bits per heavy atom. The minimum atomic E-state index is -3.48. The van der Waals surface area contributed by atoms with E-state index in [0.717, 1.165) is 11.8 Å². The maximum atomic E-state index is 12.2. The average Bonchev–Trinajstić information content (AvgIpc) is 2.37. The number of sulfonamides is 1. The summed E-state index contributed by atoms with van der Waals surface area (Å²) >= 11 is 5.79. The number of benzene rings is 1. The summed E-state index contributed by atoms with van der Waals surface area (Å²) in [5.74, 6) is 0. The average molecular weight is 299 g/mol. The summed E-state index contributed by atoms with van der Waals surface area (Å²) in [7, 11) is -3.48. The standard InChI is InChI=1S/C13H15ClN2O2S/c1-3-9(2)16-19(17,18)11-5-6-12-10(8-11)4-7-13(14)15-12/h4-9,16H,3H2,1-2H3. The van der Waals surface area contributed by atoms with Crippen molar-refractivity contribution in [3.63, 3.8) is 0 Å². The van der Waals surface area contributed by atoms with E-state index in [1.165, 1.54) is 6.07 Å². The summed E-state index contributed by atoms with van der Waals surface area (Å²) in [6.07, 6.45) is 0.740. The molecular weight excluding hydrogens is 284 g/mol. The van der Waals surface area contributed by atoms with Gasteiger partial charge in [-0.2, -0.15) is 0 Å². The van der Waals surface area contributed by atoms with Gasteiger partial charge < -0.3 is 0 Å². The summed E-state index contributed by atoms with van der Waals surface area (Å²) in [6, 6.07) is 8.10. The highest BCUT2D eigenvalue weighted by atomic mass is 35.5. The molecule has 1 aromatic heterocycles. The number of halogens is 1. The van der Waals surface area contributed by atoms with E-state index in [1.54, 1.807) is 24.3 Å². The predicted molar refractivity (Wildman–Crippen MR) is 76.8 cm³/mol. The highest BCUT2D eigenvalue weighted by molar-refractivity contribution is 7.89. The monoisotopic (exact) mass is 298 g/mol. The molecule has 0 bridgehead atoms. The third-order valence-corrected chi connectivity index (χ3v) is 4.70. The van der Waals surface area contributed by atoms with E-state index in [2.05, 4.69) is 9.71 Å². The number of hydrogen-bond acceptors (Lipinski definition) is 3. The first-order valence-corrected chi connectivity index (χ1v) is 7.87. The summed E-state index contributed by atoms with van der Waals surface area (Å²) in [5.41, 5.74) is 0.676. The number of nitrogens with zero attached hydrogens (tertiary/aromatic N) is 1. The Labute approximate surface area is 117 Å². The zero-order valence-corrected chi connectivity index (χ0v) is 12.3. The molecule has 19 heavy (non-hydrogen) atoms. The van der Waals surface area contributed by atoms with Crippen LogP contribution in [0.5, 0.6) is 0 Å². The van der Waals surface area contributed by atoms with Crippen molar-refractivity contribution in [3.05, 3.63) is 35.5 Å². The van der Waals surface area contributed by atoms with Crippen molar-refractivity contribution >= 4 is 32.5 Å². The van der Waals surface area contributed by atoms with Crippen LogP contribution in [0.4, 0.5) is 0 Å². The van der Waals surface area contributed by atoms with Crippen LogP contribution in [0.25, 0.3) is 10.9 Å². The van der Waals surface area contributed by atoms with Crippen molar-refractivity contribution in [2.45, 2.75) is 31.2 Å². The summed E-state index contributed by atoms with van der Waals surface area (Å²) in [4.78, 5) is 4.37. The lowest BCUT2D eigenvalue weighted by Gasteiger charge is -2.12. The minimum absolute atomic E-state index is 0.0935. The molecule has 6 heteroatoms. The second-order valence-electron chi connectivity index (χ2n) is 4.42. The van der Waals surface area contributed by atoms with Gasteiger partial charge in [0, 0.05) is 11.4 Å². The molecule has 0 aliphatic rings. The van der Waals surface area contributed by atoms with E-state index < -0.39 is 10.0 Å². The van der Waals surface area contributed by atoms with Crippen molar-refractivity contribution < 1.29 is 8.42 Å². The molecule has 1 aromatic carbocycles. The van der Waals surface area contributed by atoms with Gasteiger partial charge in [0.2, 0.25) is 10.0 Å². The number of rotatable bonds is 4. The zero-order chi connectivity index (χ0) is 14.0. The van der Waals surface area contributed by atoms with Gasteiger partial charge in [0.25, 0.3) is 0 Å². The molecule has 1 N–H and O–H groups in total. The third kappa shape index (κ3) is 3.23. The molecule has 1 atom stereocenters. The minimum Gasteiger partial charge on any atom is -0.236 e. The van der Waals surface area contributed by atoms with Gasteiger partial charge in [-0.05, 0) is 43.7 Å². The van der Waals surface area contributed by atoms with Gasteiger partial charge in [0.1, 0.15) is 5.15 Å². The second-order valence-corrected chi connectivity index (χ2v) is 6.52. The first-order chi connectivity index (χ1) is 8.92. The van der Waals surface area contributed by atoms with Crippen LogP contribution in [-0.4, -0.2) is 19.4 Å². The number of nitrogens with one attached hydrogen (secondary N) is 1. The fraction of sp³-hybridized carbons (Fsp3) is 0.308. The Bertz CT molecular complexity index is 701. The highest BCUT2D eigenvalue weighted by Gasteiger charge is 2.16. The third-order valence-electron chi connectivity index (χ3n) is 2.91. The van der Waals surface area contributed by atoms with Crippen molar-refractivity contribution in [2.24, 2.45) is 0 Å². The molecule has 2 rings (SSSR count). The number of pyridine rings is 1. The van der Waals surface area contributed by atoms with Crippen LogP contribution in [0, 0.1) is 0 Å². The molecule has 1 unspecified atom stereocenters. The highest BCUT2D eigenvalue weighted by Crippen LogP contribution is 2.20. The summed E-state index contributed by atoms with van der Waals surface area (Å²) < 4.78 is 26.9.